The second-order valence-corrected chi connectivity index (χ2v) is 6.33. The summed E-state index contributed by atoms with van der Waals surface area (Å²) in [5.74, 6) is -0.667. The van der Waals surface area contributed by atoms with Crippen LogP contribution in [-0.4, -0.2) is 21.0 Å². The van der Waals surface area contributed by atoms with Crippen LogP contribution in [0.1, 0.15) is 20.9 Å². The minimum absolute atomic E-state index is 0.0152. The van der Waals surface area contributed by atoms with E-state index in [4.69, 9.17) is 0 Å². The number of thiazole rings is 1. The zero-order chi connectivity index (χ0) is 18.9. The summed E-state index contributed by atoms with van der Waals surface area (Å²) in [6.07, 6.45) is -2.99. The lowest BCUT2D eigenvalue weighted by molar-refractivity contribution is -0.137. The van der Waals surface area contributed by atoms with Gasteiger partial charge in [-0.15, -0.1) is 11.3 Å². The van der Waals surface area contributed by atoms with Crippen LogP contribution in [0, 0.1) is 6.92 Å². The van der Waals surface area contributed by atoms with Crippen LogP contribution in [0.4, 0.5) is 19.0 Å². The van der Waals surface area contributed by atoms with E-state index >= 15 is 0 Å². The maximum atomic E-state index is 12.6. The quantitative estimate of drug-likeness (QED) is 0.703. The van der Waals surface area contributed by atoms with Crippen LogP contribution in [0.15, 0.2) is 42.6 Å². The number of benzene rings is 1. The summed E-state index contributed by atoms with van der Waals surface area (Å²) in [5, 5.41) is 12.6. The van der Waals surface area contributed by atoms with Crippen molar-refractivity contribution in [2.45, 2.75) is 13.1 Å². The zero-order valence-electron chi connectivity index (χ0n) is 13.3. The Bertz CT molecular complexity index is 953. The van der Waals surface area contributed by atoms with Crippen molar-refractivity contribution in [2.24, 2.45) is 0 Å². The average molecular weight is 379 g/mol. The van der Waals surface area contributed by atoms with E-state index in [1.807, 2.05) is 0 Å². The van der Waals surface area contributed by atoms with E-state index in [9.17, 15) is 23.1 Å². The fraction of sp³-hybridized carbons (Fsp3) is 0.118. The highest BCUT2D eigenvalue weighted by Crippen LogP contribution is 2.33. The molecule has 0 fully saturated rings. The highest BCUT2D eigenvalue weighted by atomic mass is 32.1. The van der Waals surface area contributed by atoms with Crippen LogP contribution >= 0.6 is 11.3 Å². The Morgan fingerprint density at radius 3 is 2.50 bits per heavy atom. The first-order chi connectivity index (χ1) is 12.3. The van der Waals surface area contributed by atoms with Gasteiger partial charge in [0.15, 0.2) is 11.6 Å². The maximum Gasteiger partial charge on any atom is 0.416 e. The summed E-state index contributed by atoms with van der Waals surface area (Å²) in [7, 11) is 0. The molecule has 0 spiro atoms. The first kappa shape index (κ1) is 17.9. The van der Waals surface area contributed by atoms with Gasteiger partial charge in [0.05, 0.1) is 11.3 Å². The maximum absolute atomic E-state index is 12.6. The molecule has 1 amide bonds. The summed E-state index contributed by atoms with van der Waals surface area (Å²) in [5.41, 5.74) is 0.154. The van der Waals surface area contributed by atoms with Crippen molar-refractivity contribution >= 4 is 23.1 Å². The Morgan fingerprint density at radius 2 is 1.88 bits per heavy atom. The standard InChI is InChI=1S/C17H12F3N3O2S/c1-9-13(15(25)23-14-12(24)3-2-8-21-14)26-16(22-9)10-4-6-11(7-5-10)17(18,19)20/h2-8,24H,1H3,(H,21,23,25). The fourth-order valence-corrected chi connectivity index (χ4v) is 3.16. The highest BCUT2D eigenvalue weighted by Gasteiger charge is 2.30. The number of pyridine rings is 1. The summed E-state index contributed by atoms with van der Waals surface area (Å²) >= 11 is 1.05. The molecule has 0 saturated heterocycles. The molecule has 0 aliphatic heterocycles. The van der Waals surface area contributed by atoms with Gasteiger partial charge < -0.3 is 10.4 Å². The van der Waals surface area contributed by atoms with Gasteiger partial charge >= 0.3 is 6.18 Å². The average Bonchev–Trinajstić information content (AvgIpc) is 2.98. The van der Waals surface area contributed by atoms with Crippen molar-refractivity contribution in [1.29, 1.82) is 0 Å². The van der Waals surface area contributed by atoms with Crippen LogP contribution in [0.25, 0.3) is 10.6 Å². The number of anilines is 1. The van der Waals surface area contributed by atoms with Gasteiger partial charge in [-0.3, -0.25) is 4.79 Å². The summed E-state index contributed by atoms with van der Waals surface area (Å²) in [6.45, 7) is 1.62. The predicted molar refractivity (Wildman–Crippen MR) is 91.1 cm³/mol. The zero-order valence-corrected chi connectivity index (χ0v) is 14.1. The van der Waals surface area contributed by atoms with Crippen LogP contribution in [0.3, 0.4) is 0 Å². The van der Waals surface area contributed by atoms with Crippen LogP contribution < -0.4 is 5.32 Å². The third-order valence-electron chi connectivity index (χ3n) is 3.48. The predicted octanol–water partition coefficient (Wildman–Crippen LogP) is 4.49. The number of amides is 1. The number of aromatic hydroxyl groups is 1. The third-order valence-corrected chi connectivity index (χ3v) is 4.69. The van der Waals surface area contributed by atoms with Gasteiger partial charge in [-0.25, -0.2) is 9.97 Å². The molecule has 0 bridgehead atoms. The summed E-state index contributed by atoms with van der Waals surface area (Å²) in [4.78, 5) is 20.8. The molecule has 5 nitrogen and oxygen atoms in total. The van der Waals surface area contributed by atoms with E-state index in [0.29, 0.717) is 16.3 Å². The van der Waals surface area contributed by atoms with Crippen molar-refractivity contribution in [3.63, 3.8) is 0 Å². The lowest BCUT2D eigenvalue weighted by Crippen LogP contribution is -2.12. The highest BCUT2D eigenvalue weighted by molar-refractivity contribution is 7.17. The molecule has 0 aliphatic carbocycles. The topological polar surface area (TPSA) is 75.1 Å². The molecule has 0 radical (unpaired) electrons. The lowest BCUT2D eigenvalue weighted by Gasteiger charge is -2.06. The minimum atomic E-state index is -4.41. The van der Waals surface area contributed by atoms with Crippen LogP contribution in [-0.2, 0) is 6.18 Å². The molecule has 0 aliphatic rings. The van der Waals surface area contributed by atoms with E-state index in [2.05, 4.69) is 15.3 Å². The number of nitrogens with one attached hydrogen (secondary N) is 1. The van der Waals surface area contributed by atoms with Crippen molar-refractivity contribution in [1.82, 2.24) is 9.97 Å². The van der Waals surface area contributed by atoms with Crippen molar-refractivity contribution in [3.05, 3.63) is 58.7 Å². The normalized spacial score (nSPS) is 11.4. The molecule has 0 atom stereocenters. The number of carbonyl (C=O) groups excluding carboxylic acids is 1. The number of hydrogen-bond donors (Lipinski definition) is 2. The van der Waals surface area contributed by atoms with Gasteiger partial charge in [0.1, 0.15) is 9.88 Å². The van der Waals surface area contributed by atoms with E-state index in [-0.39, 0.29) is 16.4 Å². The van der Waals surface area contributed by atoms with Gasteiger partial charge in [-0.2, -0.15) is 13.2 Å². The van der Waals surface area contributed by atoms with Gasteiger partial charge in [-0.1, -0.05) is 12.1 Å². The first-order valence-electron chi connectivity index (χ1n) is 7.36. The largest absolute Gasteiger partial charge is 0.504 e. The van der Waals surface area contributed by atoms with E-state index in [1.165, 1.54) is 30.5 Å². The molecular weight excluding hydrogens is 367 g/mol. The molecule has 0 unspecified atom stereocenters. The van der Waals surface area contributed by atoms with Gasteiger partial charge in [0.25, 0.3) is 5.91 Å². The Kier molecular flexibility index (Phi) is 4.64. The monoisotopic (exact) mass is 379 g/mol. The van der Waals surface area contributed by atoms with Crippen molar-refractivity contribution < 1.29 is 23.1 Å². The number of nitrogens with zero attached hydrogens (tertiary/aromatic N) is 2. The molecule has 9 heteroatoms. The smallest absolute Gasteiger partial charge is 0.416 e. The van der Waals surface area contributed by atoms with Crippen LogP contribution in [0.5, 0.6) is 5.75 Å². The number of halogens is 3. The SMILES string of the molecule is Cc1nc(-c2ccc(C(F)(F)F)cc2)sc1C(=O)Nc1ncccc1O. The number of hydrogen-bond acceptors (Lipinski definition) is 5. The molecule has 2 aromatic heterocycles. The number of alkyl halides is 3. The molecule has 134 valence electrons. The number of carbonyl (C=O) groups is 1. The van der Waals surface area contributed by atoms with Crippen molar-refractivity contribution in [2.75, 3.05) is 5.32 Å². The number of rotatable bonds is 3. The number of aromatic nitrogens is 2. The fourth-order valence-electron chi connectivity index (χ4n) is 2.19. The molecule has 26 heavy (non-hydrogen) atoms. The second-order valence-electron chi connectivity index (χ2n) is 5.33. The van der Waals surface area contributed by atoms with Crippen LogP contribution in [0.2, 0.25) is 0 Å². The van der Waals surface area contributed by atoms with Gasteiger partial charge in [-0.05, 0) is 31.2 Å². The Hall–Kier alpha value is -2.94. The Balaban J connectivity index is 1.85. The minimum Gasteiger partial charge on any atom is -0.504 e. The molecule has 1 aromatic carbocycles. The lowest BCUT2D eigenvalue weighted by atomic mass is 10.1. The molecule has 3 rings (SSSR count). The molecule has 0 saturated carbocycles. The van der Waals surface area contributed by atoms with E-state index in [0.717, 1.165) is 23.5 Å². The van der Waals surface area contributed by atoms with Gasteiger partial charge in [0.2, 0.25) is 0 Å². The molecular formula is C17H12F3N3O2S. The number of aryl methyl sites for hydroxylation is 1. The van der Waals surface area contributed by atoms with Gasteiger partial charge in [0, 0.05) is 11.8 Å². The first-order valence-corrected chi connectivity index (χ1v) is 8.18. The molecule has 3 aromatic rings. The molecule has 2 N–H and O–H groups in total. The Morgan fingerprint density at radius 1 is 1.19 bits per heavy atom. The Labute approximate surface area is 150 Å². The second kappa shape index (κ2) is 6.75. The summed E-state index contributed by atoms with van der Waals surface area (Å²) in [6, 6.07) is 7.47. The molecule has 2 heterocycles. The van der Waals surface area contributed by atoms with Crippen molar-refractivity contribution in [3.8, 4) is 16.3 Å². The summed E-state index contributed by atoms with van der Waals surface area (Å²) < 4.78 is 37.9. The van der Waals surface area contributed by atoms with E-state index < -0.39 is 17.6 Å². The van der Waals surface area contributed by atoms with E-state index in [1.54, 1.807) is 6.92 Å². The third kappa shape index (κ3) is 3.67.